The predicted molar refractivity (Wildman–Crippen MR) is 197 cm³/mol. The second kappa shape index (κ2) is 15.6. The first-order chi connectivity index (χ1) is 25.0. The van der Waals surface area contributed by atoms with Crippen molar-refractivity contribution in [3.8, 4) is 22.8 Å². The number of nitrogens with zero attached hydrogens (tertiary/aromatic N) is 2. The molecule has 3 fully saturated rings. The number of amides is 3. The van der Waals surface area contributed by atoms with E-state index in [2.05, 4.69) is 16.6 Å². The summed E-state index contributed by atoms with van der Waals surface area (Å²) >= 11 is 0. The molecule has 0 unspecified atom stereocenters. The van der Waals surface area contributed by atoms with Crippen LogP contribution < -0.4 is 19.5 Å². The van der Waals surface area contributed by atoms with Crippen LogP contribution in [0.25, 0.3) is 22.2 Å². The maximum Gasteiger partial charge on any atom is 0.259 e. The van der Waals surface area contributed by atoms with Gasteiger partial charge in [-0.1, -0.05) is 62.6 Å². The third kappa shape index (κ3) is 8.25. The Balaban J connectivity index is 1.26. The molecule has 3 amide bonds. The van der Waals surface area contributed by atoms with Gasteiger partial charge in [0.1, 0.15) is 29.2 Å². The first-order valence-corrected chi connectivity index (χ1v) is 19.7. The Labute approximate surface area is 305 Å². The van der Waals surface area contributed by atoms with Crippen LogP contribution >= 0.6 is 0 Å². The number of sulfonamides is 1. The third-order valence-corrected chi connectivity index (χ3v) is 12.3. The van der Waals surface area contributed by atoms with Gasteiger partial charge in [0.25, 0.3) is 11.8 Å². The molecule has 0 saturated heterocycles. The van der Waals surface area contributed by atoms with Crippen LogP contribution in [0.2, 0.25) is 0 Å². The summed E-state index contributed by atoms with van der Waals surface area (Å²) in [5.74, 6) is -1.62. The van der Waals surface area contributed by atoms with Crippen LogP contribution in [0, 0.1) is 11.8 Å². The number of benzene rings is 2. The van der Waals surface area contributed by atoms with Crippen LogP contribution in [0.5, 0.6) is 11.5 Å². The number of hydrogen-bond donors (Lipinski definition) is 3. The molecule has 3 aromatic rings. The van der Waals surface area contributed by atoms with Crippen LogP contribution in [-0.2, 0) is 24.4 Å². The molecular formula is C39H48N4O8S. The lowest BCUT2D eigenvalue weighted by molar-refractivity contribution is -0.148. The minimum atomic E-state index is -3.86. The molecule has 3 aliphatic carbocycles. The maximum atomic E-state index is 14.1. The molecule has 0 spiro atoms. The minimum absolute atomic E-state index is 0.0344. The van der Waals surface area contributed by atoms with Crippen molar-refractivity contribution in [2.45, 2.75) is 87.7 Å². The van der Waals surface area contributed by atoms with Gasteiger partial charge in [-0.05, 0) is 56.6 Å². The van der Waals surface area contributed by atoms with Gasteiger partial charge in [-0.2, -0.15) is 0 Å². The highest BCUT2D eigenvalue weighted by atomic mass is 32.2. The van der Waals surface area contributed by atoms with Crippen LogP contribution in [-0.4, -0.2) is 84.3 Å². The molecule has 12 nitrogen and oxygen atoms in total. The molecule has 6 rings (SSSR count). The third-order valence-electron chi connectivity index (χ3n) is 10.5. The lowest BCUT2D eigenvalue weighted by atomic mass is 9.85. The molecular weight excluding hydrogens is 685 g/mol. The second-order valence-electron chi connectivity index (χ2n) is 14.2. The van der Waals surface area contributed by atoms with Crippen LogP contribution in [0.4, 0.5) is 0 Å². The molecule has 0 bridgehead atoms. The van der Waals surface area contributed by atoms with E-state index in [0.29, 0.717) is 54.8 Å². The average molecular weight is 733 g/mol. The largest absolute Gasteiger partial charge is 0.497 e. The number of methoxy groups -OCH3 is 1. The molecule has 278 valence electrons. The van der Waals surface area contributed by atoms with E-state index < -0.39 is 63.2 Å². The molecule has 0 aliphatic heterocycles. The summed E-state index contributed by atoms with van der Waals surface area (Å²) in [5.41, 5.74) is 0.719. The van der Waals surface area contributed by atoms with Gasteiger partial charge < -0.3 is 24.8 Å². The van der Waals surface area contributed by atoms with Gasteiger partial charge in [-0.3, -0.25) is 19.1 Å². The normalized spacial score (nSPS) is 21.4. The van der Waals surface area contributed by atoms with Crippen LogP contribution in [0.15, 0.2) is 67.3 Å². The van der Waals surface area contributed by atoms with E-state index in [1.165, 1.54) is 11.0 Å². The van der Waals surface area contributed by atoms with Crippen molar-refractivity contribution in [1.29, 1.82) is 0 Å². The van der Waals surface area contributed by atoms with Gasteiger partial charge in [0.2, 0.25) is 15.9 Å². The summed E-state index contributed by atoms with van der Waals surface area (Å²) in [4.78, 5) is 47.3. The van der Waals surface area contributed by atoms with E-state index in [1.54, 1.807) is 7.11 Å². The smallest absolute Gasteiger partial charge is 0.259 e. The highest BCUT2D eigenvalue weighted by Crippen LogP contribution is 2.45. The molecule has 3 N–H and O–H groups in total. The number of carbonyl (C=O) groups is 3. The van der Waals surface area contributed by atoms with E-state index in [-0.39, 0.29) is 18.9 Å². The van der Waals surface area contributed by atoms with E-state index in [0.717, 1.165) is 30.2 Å². The first-order valence-electron chi connectivity index (χ1n) is 18.1. The van der Waals surface area contributed by atoms with Crippen molar-refractivity contribution >= 4 is 38.6 Å². The van der Waals surface area contributed by atoms with Gasteiger partial charge in [0.15, 0.2) is 0 Å². The molecule has 3 aliphatic rings. The SMILES string of the molecule is C=C[C@@H]1C[C@]1(NC(=O)CN(C[C@@H](CC)Oc1cc(-c2ccccc2)nc2cc(OC)ccc12)C(=O)[C@@H](O)C1CCCCC1)C(=O)NS(=O)(=O)C1CC1. The molecule has 13 heteroatoms. The molecule has 3 saturated carbocycles. The first kappa shape index (κ1) is 37.3. The van der Waals surface area contributed by atoms with Crippen LogP contribution in [0.1, 0.15) is 64.7 Å². The number of aliphatic hydroxyl groups is 1. The molecule has 2 aromatic carbocycles. The van der Waals surface area contributed by atoms with Crippen molar-refractivity contribution < 1.29 is 37.4 Å². The summed E-state index contributed by atoms with van der Waals surface area (Å²) in [5, 5.41) is 14.2. The number of hydrogen-bond acceptors (Lipinski definition) is 9. The van der Waals surface area contributed by atoms with Gasteiger partial charge >= 0.3 is 0 Å². The zero-order chi connectivity index (χ0) is 37.0. The number of rotatable bonds is 16. The van der Waals surface area contributed by atoms with E-state index in [4.69, 9.17) is 14.5 Å². The van der Waals surface area contributed by atoms with E-state index in [1.807, 2.05) is 61.5 Å². The lowest BCUT2D eigenvalue weighted by Gasteiger charge is -2.33. The molecule has 1 heterocycles. The lowest BCUT2D eigenvalue weighted by Crippen LogP contribution is -2.56. The number of ether oxygens (including phenoxy) is 2. The topological polar surface area (TPSA) is 164 Å². The fourth-order valence-electron chi connectivity index (χ4n) is 7.08. The van der Waals surface area contributed by atoms with Gasteiger partial charge in [0, 0.05) is 29.0 Å². The van der Waals surface area contributed by atoms with E-state index in [9.17, 15) is 27.9 Å². The average Bonchev–Trinajstić information content (AvgIpc) is 4.10. The summed E-state index contributed by atoms with van der Waals surface area (Å²) in [6.07, 6.45) is 5.44. The van der Waals surface area contributed by atoms with Crippen LogP contribution in [0.3, 0.4) is 0 Å². The van der Waals surface area contributed by atoms with E-state index >= 15 is 0 Å². The maximum absolute atomic E-state index is 14.1. The Kier molecular flexibility index (Phi) is 11.2. The Morgan fingerprint density at radius 3 is 2.44 bits per heavy atom. The Morgan fingerprint density at radius 2 is 1.81 bits per heavy atom. The highest BCUT2D eigenvalue weighted by Gasteiger charge is 2.61. The molecule has 52 heavy (non-hydrogen) atoms. The number of aliphatic hydroxyl groups excluding tert-OH is 1. The zero-order valence-corrected chi connectivity index (χ0v) is 30.6. The number of nitrogens with one attached hydrogen (secondary N) is 2. The monoisotopic (exact) mass is 732 g/mol. The minimum Gasteiger partial charge on any atom is -0.497 e. The fourth-order valence-corrected chi connectivity index (χ4v) is 8.45. The Morgan fingerprint density at radius 1 is 1.08 bits per heavy atom. The number of fused-ring (bicyclic) bond motifs is 1. The Hall–Kier alpha value is -4.49. The van der Waals surface area contributed by atoms with Crippen molar-refractivity contribution in [2.24, 2.45) is 11.8 Å². The molecule has 4 atom stereocenters. The van der Waals surface area contributed by atoms with Crippen molar-refractivity contribution in [2.75, 3.05) is 20.2 Å². The fraction of sp³-hybridized carbons (Fsp3) is 0.487. The second-order valence-corrected chi connectivity index (χ2v) is 16.2. The number of aromatic nitrogens is 1. The summed E-state index contributed by atoms with van der Waals surface area (Å²) < 4.78 is 39.4. The summed E-state index contributed by atoms with van der Waals surface area (Å²) in [6, 6.07) is 17.0. The predicted octanol–water partition coefficient (Wildman–Crippen LogP) is 4.51. The van der Waals surface area contributed by atoms with Gasteiger partial charge in [0.05, 0.1) is 36.7 Å². The van der Waals surface area contributed by atoms with Crippen molar-refractivity contribution in [3.63, 3.8) is 0 Å². The standard InChI is InChI=1S/C39H48N4O8S/c1-4-27-22-39(27,38(47)42-52(48,49)30-17-18-30)41-35(44)24-43(37(46)36(45)26-14-10-7-11-15-26)23-28(5-2)51-34-21-32(25-12-8-6-9-13-25)40-33-20-29(50-3)16-19-31(33)34/h4,6,8-9,12-13,16,19-21,26-28,30,36,45H,1,5,7,10-11,14-15,17-18,22-24H2,2-3H3,(H,41,44)(H,42,47)/t27-,28-,36+,39-/m1/s1. The van der Waals surface area contributed by atoms with Gasteiger partial charge in [-0.25, -0.2) is 13.4 Å². The number of carbonyl (C=O) groups excluding carboxylic acids is 3. The zero-order valence-electron chi connectivity index (χ0n) is 29.8. The van der Waals surface area contributed by atoms with Gasteiger partial charge in [-0.15, -0.1) is 6.58 Å². The van der Waals surface area contributed by atoms with Crippen molar-refractivity contribution in [3.05, 3.63) is 67.3 Å². The highest BCUT2D eigenvalue weighted by molar-refractivity contribution is 7.91. The summed E-state index contributed by atoms with van der Waals surface area (Å²) in [6.45, 7) is 5.16. The quantitative estimate of drug-likeness (QED) is 0.180. The molecule has 0 radical (unpaired) electrons. The number of pyridine rings is 1. The Bertz CT molecular complexity index is 1910. The molecule has 1 aromatic heterocycles. The summed E-state index contributed by atoms with van der Waals surface area (Å²) in [7, 11) is -2.27. The van der Waals surface area contributed by atoms with Crippen molar-refractivity contribution in [1.82, 2.24) is 19.9 Å².